The molecular formula is C16H23NO5. The van der Waals surface area contributed by atoms with Crippen molar-refractivity contribution in [2.75, 3.05) is 6.61 Å². The first kappa shape index (κ1) is 17.9. The minimum Gasteiger partial charge on any atom is -0.482 e. The SMILES string of the molecule is CCCCc1cc(OCC(=O)OC(C)(C)C)ccc1[N+](=O)[O-]. The summed E-state index contributed by atoms with van der Waals surface area (Å²) in [5.74, 6) is -0.0384. The Bertz CT molecular complexity index is 534. The van der Waals surface area contributed by atoms with E-state index in [0.717, 1.165) is 12.8 Å². The molecule has 0 heterocycles. The van der Waals surface area contributed by atoms with Crippen LogP contribution in [0.1, 0.15) is 46.1 Å². The first-order chi connectivity index (χ1) is 10.2. The molecule has 0 spiro atoms. The van der Waals surface area contributed by atoms with Crippen LogP contribution in [0, 0.1) is 10.1 Å². The van der Waals surface area contributed by atoms with E-state index in [2.05, 4.69) is 0 Å². The zero-order valence-corrected chi connectivity index (χ0v) is 13.5. The van der Waals surface area contributed by atoms with Crippen LogP contribution in [0.2, 0.25) is 0 Å². The van der Waals surface area contributed by atoms with E-state index in [9.17, 15) is 14.9 Å². The lowest BCUT2D eigenvalue weighted by atomic mass is 10.1. The van der Waals surface area contributed by atoms with E-state index in [-0.39, 0.29) is 12.3 Å². The maximum atomic E-state index is 11.6. The van der Waals surface area contributed by atoms with Gasteiger partial charge in [0.15, 0.2) is 6.61 Å². The predicted octanol–water partition coefficient (Wildman–Crippen LogP) is 3.66. The molecule has 0 aromatic heterocycles. The Balaban J connectivity index is 2.75. The van der Waals surface area contributed by atoms with Gasteiger partial charge >= 0.3 is 5.97 Å². The molecule has 1 aromatic carbocycles. The van der Waals surface area contributed by atoms with E-state index in [4.69, 9.17) is 9.47 Å². The van der Waals surface area contributed by atoms with Crippen LogP contribution in [0.15, 0.2) is 18.2 Å². The van der Waals surface area contributed by atoms with Crippen molar-refractivity contribution in [3.05, 3.63) is 33.9 Å². The van der Waals surface area contributed by atoms with Gasteiger partial charge in [0.25, 0.3) is 5.69 Å². The molecule has 0 aliphatic heterocycles. The maximum absolute atomic E-state index is 11.6. The van der Waals surface area contributed by atoms with Crippen molar-refractivity contribution in [2.24, 2.45) is 0 Å². The van der Waals surface area contributed by atoms with Crippen LogP contribution < -0.4 is 4.74 Å². The number of nitro groups is 1. The molecule has 22 heavy (non-hydrogen) atoms. The van der Waals surface area contributed by atoms with E-state index in [1.165, 1.54) is 12.1 Å². The van der Waals surface area contributed by atoms with Crippen molar-refractivity contribution in [2.45, 2.75) is 52.6 Å². The highest BCUT2D eigenvalue weighted by Crippen LogP contribution is 2.25. The number of unbranched alkanes of at least 4 members (excludes halogenated alkanes) is 1. The van der Waals surface area contributed by atoms with Crippen molar-refractivity contribution in [1.29, 1.82) is 0 Å². The normalized spacial score (nSPS) is 11.1. The lowest BCUT2D eigenvalue weighted by Gasteiger charge is -2.19. The summed E-state index contributed by atoms with van der Waals surface area (Å²) < 4.78 is 10.5. The number of carbonyl (C=O) groups is 1. The van der Waals surface area contributed by atoms with Crippen LogP contribution in [-0.2, 0) is 16.0 Å². The van der Waals surface area contributed by atoms with Crippen molar-refractivity contribution in [1.82, 2.24) is 0 Å². The standard InChI is InChI=1S/C16H23NO5/c1-5-6-7-12-10-13(8-9-14(12)17(19)20)21-11-15(18)22-16(2,3)4/h8-10H,5-7,11H2,1-4H3. The molecule has 1 rings (SSSR count). The van der Waals surface area contributed by atoms with Gasteiger partial charge in [0, 0.05) is 11.6 Å². The second-order valence-corrected chi connectivity index (χ2v) is 6.03. The van der Waals surface area contributed by atoms with Gasteiger partial charge in [-0.2, -0.15) is 0 Å². The molecule has 1 aromatic rings. The van der Waals surface area contributed by atoms with Gasteiger partial charge in [-0.15, -0.1) is 0 Å². The molecule has 6 heteroatoms. The lowest BCUT2D eigenvalue weighted by Crippen LogP contribution is -2.27. The quantitative estimate of drug-likeness (QED) is 0.436. The third-order valence-corrected chi connectivity index (χ3v) is 2.82. The molecule has 122 valence electrons. The molecule has 6 nitrogen and oxygen atoms in total. The summed E-state index contributed by atoms with van der Waals surface area (Å²) in [4.78, 5) is 22.2. The van der Waals surface area contributed by atoms with Gasteiger partial charge in [0.1, 0.15) is 11.4 Å². The first-order valence-corrected chi connectivity index (χ1v) is 7.35. The Kier molecular flexibility index (Phi) is 6.34. The largest absolute Gasteiger partial charge is 0.482 e. The second-order valence-electron chi connectivity index (χ2n) is 6.03. The third-order valence-electron chi connectivity index (χ3n) is 2.82. The monoisotopic (exact) mass is 309 g/mol. The molecule has 0 unspecified atom stereocenters. The van der Waals surface area contributed by atoms with Crippen LogP contribution in [0.3, 0.4) is 0 Å². The molecule has 0 fully saturated rings. The lowest BCUT2D eigenvalue weighted by molar-refractivity contribution is -0.385. The van der Waals surface area contributed by atoms with Gasteiger partial charge in [-0.05, 0) is 45.7 Å². The number of nitro benzene ring substituents is 1. The summed E-state index contributed by atoms with van der Waals surface area (Å²) in [7, 11) is 0. The molecule has 0 bridgehead atoms. The number of rotatable bonds is 7. The maximum Gasteiger partial charge on any atom is 0.344 e. The smallest absolute Gasteiger partial charge is 0.344 e. The average molecular weight is 309 g/mol. The van der Waals surface area contributed by atoms with Gasteiger partial charge in [0.05, 0.1) is 4.92 Å². The molecule has 0 saturated carbocycles. The highest BCUT2D eigenvalue weighted by atomic mass is 16.6. The molecule has 0 radical (unpaired) electrons. The van der Waals surface area contributed by atoms with E-state index in [1.807, 2.05) is 6.92 Å². The number of esters is 1. The summed E-state index contributed by atoms with van der Waals surface area (Å²) >= 11 is 0. The first-order valence-electron chi connectivity index (χ1n) is 7.35. The summed E-state index contributed by atoms with van der Waals surface area (Å²) in [5.41, 5.74) is 0.133. The van der Waals surface area contributed by atoms with Gasteiger partial charge < -0.3 is 9.47 Å². The van der Waals surface area contributed by atoms with E-state index in [1.54, 1.807) is 26.8 Å². The number of ether oxygens (including phenoxy) is 2. The van der Waals surface area contributed by atoms with Crippen molar-refractivity contribution >= 4 is 11.7 Å². The van der Waals surface area contributed by atoms with Crippen molar-refractivity contribution < 1.29 is 19.2 Å². The molecule has 0 aliphatic carbocycles. The van der Waals surface area contributed by atoms with Gasteiger partial charge in [-0.3, -0.25) is 10.1 Å². The number of hydrogen-bond donors (Lipinski definition) is 0. The summed E-state index contributed by atoms with van der Waals surface area (Å²) in [5, 5.41) is 11.0. The van der Waals surface area contributed by atoms with Crippen LogP contribution in [-0.4, -0.2) is 23.1 Å². The van der Waals surface area contributed by atoms with Gasteiger partial charge in [0.2, 0.25) is 0 Å². The van der Waals surface area contributed by atoms with Crippen LogP contribution in [0.4, 0.5) is 5.69 Å². The van der Waals surface area contributed by atoms with Crippen LogP contribution in [0.25, 0.3) is 0 Å². The molecule has 0 saturated heterocycles. The average Bonchev–Trinajstić information content (AvgIpc) is 2.40. The fourth-order valence-electron chi connectivity index (χ4n) is 1.91. The Morgan fingerprint density at radius 1 is 1.32 bits per heavy atom. The van der Waals surface area contributed by atoms with Crippen molar-refractivity contribution in [3.63, 3.8) is 0 Å². The minimum atomic E-state index is -0.567. The number of benzene rings is 1. The second kappa shape index (κ2) is 7.77. The summed E-state index contributed by atoms with van der Waals surface area (Å²) in [6, 6.07) is 4.53. The Hall–Kier alpha value is -2.11. The number of nitrogens with zero attached hydrogens (tertiary/aromatic N) is 1. The van der Waals surface area contributed by atoms with E-state index < -0.39 is 16.5 Å². The predicted molar refractivity (Wildman–Crippen MR) is 83.0 cm³/mol. The highest BCUT2D eigenvalue weighted by molar-refractivity contribution is 5.71. The molecule has 0 atom stereocenters. The molecule has 0 aliphatic rings. The highest BCUT2D eigenvalue weighted by Gasteiger charge is 2.18. The Morgan fingerprint density at radius 2 is 2.00 bits per heavy atom. The van der Waals surface area contributed by atoms with Gasteiger partial charge in [-0.25, -0.2) is 4.79 Å². The van der Waals surface area contributed by atoms with Gasteiger partial charge in [-0.1, -0.05) is 13.3 Å². The Labute approximate surface area is 130 Å². The number of aryl methyl sites for hydroxylation is 1. The molecule has 0 amide bonds. The van der Waals surface area contributed by atoms with E-state index in [0.29, 0.717) is 17.7 Å². The Morgan fingerprint density at radius 3 is 2.55 bits per heavy atom. The third kappa shape index (κ3) is 6.11. The summed E-state index contributed by atoms with van der Waals surface area (Å²) in [6.07, 6.45) is 2.41. The number of carbonyl (C=O) groups excluding carboxylic acids is 1. The number of hydrogen-bond acceptors (Lipinski definition) is 5. The van der Waals surface area contributed by atoms with Crippen LogP contribution >= 0.6 is 0 Å². The van der Waals surface area contributed by atoms with Crippen LogP contribution in [0.5, 0.6) is 5.75 Å². The topological polar surface area (TPSA) is 78.7 Å². The zero-order valence-electron chi connectivity index (χ0n) is 13.5. The van der Waals surface area contributed by atoms with E-state index >= 15 is 0 Å². The fraction of sp³-hybridized carbons (Fsp3) is 0.562. The zero-order chi connectivity index (χ0) is 16.8. The van der Waals surface area contributed by atoms with Crippen molar-refractivity contribution in [3.8, 4) is 5.75 Å². The minimum absolute atomic E-state index is 0.0815. The summed E-state index contributed by atoms with van der Waals surface area (Å²) in [6.45, 7) is 7.13. The molecular weight excluding hydrogens is 286 g/mol. The fourth-order valence-corrected chi connectivity index (χ4v) is 1.91. The molecule has 0 N–H and O–H groups in total.